The molecule has 0 aliphatic rings. The molecular weight excluding hydrogens is 280 g/mol. The second kappa shape index (κ2) is 6.69. The first-order chi connectivity index (χ1) is 10.0. The Labute approximate surface area is 120 Å². The van der Waals surface area contributed by atoms with Gasteiger partial charge in [-0.15, -0.1) is 0 Å². The van der Waals surface area contributed by atoms with E-state index < -0.39 is 6.61 Å². The van der Waals surface area contributed by atoms with Crippen molar-refractivity contribution in [3.8, 4) is 11.5 Å². The van der Waals surface area contributed by atoms with E-state index >= 15 is 0 Å². The molecule has 2 rings (SSSR count). The molecule has 0 atom stereocenters. The zero-order chi connectivity index (χ0) is 15.2. The quantitative estimate of drug-likeness (QED) is 0.891. The van der Waals surface area contributed by atoms with Crippen molar-refractivity contribution in [2.24, 2.45) is 0 Å². The summed E-state index contributed by atoms with van der Waals surface area (Å²) in [6.07, 6.45) is 0. The van der Waals surface area contributed by atoms with Gasteiger partial charge in [-0.05, 0) is 42.0 Å². The molecule has 0 heterocycles. The molecule has 2 aromatic carbocycles. The van der Waals surface area contributed by atoms with Crippen LogP contribution < -0.4 is 10.1 Å². The molecule has 2 aromatic rings. The van der Waals surface area contributed by atoms with Crippen LogP contribution in [0.2, 0.25) is 0 Å². The smallest absolute Gasteiger partial charge is 0.387 e. The van der Waals surface area contributed by atoms with Gasteiger partial charge in [-0.25, -0.2) is 0 Å². The highest BCUT2D eigenvalue weighted by Gasteiger charge is 2.08. The lowest BCUT2D eigenvalue weighted by Gasteiger charge is -2.07. The van der Waals surface area contributed by atoms with E-state index in [4.69, 9.17) is 0 Å². The minimum atomic E-state index is -2.89. The van der Waals surface area contributed by atoms with Crippen molar-refractivity contribution in [1.82, 2.24) is 5.32 Å². The van der Waals surface area contributed by atoms with Crippen molar-refractivity contribution in [2.45, 2.75) is 13.2 Å². The van der Waals surface area contributed by atoms with Crippen LogP contribution in [0.5, 0.6) is 11.5 Å². The molecule has 1 amide bonds. The normalized spacial score (nSPS) is 10.4. The predicted octanol–water partition coefficient (Wildman–Crippen LogP) is 2.92. The summed E-state index contributed by atoms with van der Waals surface area (Å²) >= 11 is 0. The topological polar surface area (TPSA) is 58.6 Å². The van der Waals surface area contributed by atoms with Crippen LogP contribution in [0.3, 0.4) is 0 Å². The fourth-order valence-electron chi connectivity index (χ4n) is 1.74. The predicted molar refractivity (Wildman–Crippen MR) is 72.4 cm³/mol. The Balaban J connectivity index is 1.94. The van der Waals surface area contributed by atoms with Gasteiger partial charge in [0, 0.05) is 12.1 Å². The highest BCUT2D eigenvalue weighted by atomic mass is 19.3. The number of alkyl halides is 2. The largest absolute Gasteiger partial charge is 0.508 e. The van der Waals surface area contributed by atoms with Gasteiger partial charge in [0.2, 0.25) is 0 Å². The van der Waals surface area contributed by atoms with Crippen molar-refractivity contribution in [2.75, 3.05) is 0 Å². The summed E-state index contributed by atoms with van der Waals surface area (Å²) in [5.74, 6) is -0.230. The number of halogens is 2. The zero-order valence-electron chi connectivity index (χ0n) is 10.9. The molecule has 0 spiro atoms. The van der Waals surface area contributed by atoms with Crippen LogP contribution in [0.4, 0.5) is 8.78 Å². The SMILES string of the molecule is O=C(NCc1cccc(O)c1)c1ccc(OC(F)F)cc1. The number of rotatable bonds is 5. The van der Waals surface area contributed by atoms with E-state index in [-0.39, 0.29) is 24.0 Å². The minimum Gasteiger partial charge on any atom is -0.508 e. The van der Waals surface area contributed by atoms with Crippen molar-refractivity contribution in [3.05, 3.63) is 59.7 Å². The fourth-order valence-corrected chi connectivity index (χ4v) is 1.74. The highest BCUT2D eigenvalue weighted by Crippen LogP contribution is 2.15. The molecule has 0 fully saturated rings. The third-order valence-electron chi connectivity index (χ3n) is 2.71. The van der Waals surface area contributed by atoms with Crippen LogP contribution in [0.15, 0.2) is 48.5 Å². The van der Waals surface area contributed by atoms with Crippen LogP contribution >= 0.6 is 0 Å². The van der Waals surface area contributed by atoms with Gasteiger partial charge in [-0.2, -0.15) is 8.78 Å². The summed E-state index contributed by atoms with van der Waals surface area (Å²) in [5.41, 5.74) is 1.08. The number of phenolic OH excluding ortho intramolecular Hbond substituents is 1. The number of hydrogen-bond acceptors (Lipinski definition) is 3. The van der Waals surface area contributed by atoms with Crippen molar-refractivity contribution in [3.63, 3.8) is 0 Å². The Morgan fingerprint density at radius 1 is 1.19 bits per heavy atom. The number of ether oxygens (including phenoxy) is 1. The Morgan fingerprint density at radius 3 is 2.52 bits per heavy atom. The van der Waals surface area contributed by atoms with Gasteiger partial charge in [0.1, 0.15) is 11.5 Å². The summed E-state index contributed by atoms with van der Waals surface area (Å²) in [5, 5.41) is 12.0. The van der Waals surface area contributed by atoms with Gasteiger partial charge >= 0.3 is 6.61 Å². The first kappa shape index (κ1) is 14.8. The molecule has 4 nitrogen and oxygen atoms in total. The second-order valence-electron chi connectivity index (χ2n) is 4.26. The molecule has 0 aromatic heterocycles. The van der Waals surface area contributed by atoms with Gasteiger partial charge in [-0.1, -0.05) is 12.1 Å². The maximum atomic E-state index is 12.0. The number of aromatic hydroxyl groups is 1. The molecule has 0 unspecified atom stereocenters. The van der Waals surface area contributed by atoms with Crippen LogP contribution in [0.1, 0.15) is 15.9 Å². The number of nitrogens with one attached hydrogen (secondary N) is 1. The van der Waals surface area contributed by atoms with E-state index in [2.05, 4.69) is 10.1 Å². The van der Waals surface area contributed by atoms with Gasteiger partial charge in [0.15, 0.2) is 0 Å². The molecule has 0 bridgehead atoms. The Morgan fingerprint density at radius 2 is 1.90 bits per heavy atom. The number of carbonyl (C=O) groups excluding carboxylic acids is 1. The third-order valence-corrected chi connectivity index (χ3v) is 2.71. The first-order valence-electron chi connectivity index (χ1n) is 6.15. The standard InChI is InChI=1S/C15H13F2NO3/c16-15(17)21-13-6-4-11(5-7-13)14(20)18-9-10-2-1-3-12(19)8-10/h1-8,15,19H,9H2,(H,18,20). The van der Waals surface area contributed by atoms with E-state index in [9.17, 15) is 18.7 Å². The molecule has 0 aliphatic heterocycles. The lowest BCUT2D eigenvalue weighted by molar-refractivity contribution is -0.0498. The molecule has 0 saturated carbocycles. The summed E-state index contributed by atoms with van der Waals surface area (Å²) < 4.78 is 28.2. The molecule has 0 radical (unpaired) electrons. The second-order valence-corrected chi connectivity index (χ2v) is 4.26. The average molecular weight is 293 g/mol. The number of benzene rings is 2. The van der Waals surface area contributed by atoms with Crippen molar-refractivity contribution >= 4 is 5.91 Å². The Hall–Kier alpha value is -2.63. The molecule has 110 valence electrons. The van der Waals surface area contributed by atoms with E-state index in [0.29, 0.717) is 5.56 Å². The number of phenols is 1. The maximum absolute atomic E-state index is 12.0. The fraction of sp³-hybridized carbons (Fsp3) is 0.133. The van der Waals surface area contributed by atoms with E-state index in [0.717, 1.165) is 5.56 Å². The molecular formula is C15H13F2NO3. The molecule has 6 heteroatoms. The summed E-state index contributed by atoms with van der Waals surface area (Å²) in [6, 6.07) is 11.9. The van der Waals surface area contributed by atoms with Crippen LogP contribution in [-0.2, 0) is 6.54 Å². The molecule has 0 aliphatic carbocycles. The van der Waals surface area contributed by atoms with Gasteiger partial charge < -0.3 is 15.2 Å². The molecule has 21 heavy (non-hydrogen) atoms. The number of amides is 1. The summed E-state index contributed by atoms with van der Waals surface area (Å²) in [7, 11) is 0. The third kappa shape index (κ3) is 4.45. The zero-order valence-corrected chi connectivity index (χ0v) is 10.9. The average Bonchev–Trinajstić information content (AvgIpc) is 2.45. The van der Waals surface area contributed by atoms with Crippen molar-refractivity contribution < 1.29 is 23.4 Å². The number of carbonyl (C=O) groups is 1. The first-order valence-corrected chi connectivity index (χ1v) is 6.15. The van der Waals surface area contributed by atoms with Crippen molar-refractivity contribution in [1.29, 1.82) is 0 Å². The summed E-state index contributed by atoms with van der Waals surface area (Å²) in [4.78, 5) is 11.9. The van der Waals surface area contributed by atoms with E-state index in [1.165, 1.54) is 30.3 Å². The van der Waals surface area contributed by atoms with Crippen LogP contribution in [0, 0.1) is 0 Å². The molecule has 0 saturated heterocycles. The Kier molecular flexibility index (Phi) is 4.71. The maximum Gasteiger partial charge on any atom is 0.387 e. The van der Waals surface area contributed by atoms with Gasteiger partial charge in [-0.3, -0.25) is 4.79 Å². The van der Waals surface area contributed by atoms with Crippen LogP contribution in [-0.4, -0.2) is 17.6 Å². The van der Waals surface area contributed by atoms with E-state index in [1.54, 1.807) is 18.2 Å². The number of hydrogen-bond donors (Lipinski definition) is 2. The van der Waals surface area contributed by atoms with E-state index in [1.807, 2.05) is 0 Å². The monoisotopic (exact) mass is 293 g/mol. The summed E-state index contributed by atoms with van der Waals surface area (Å²) in [6.45, 7) is -2.64. The lowest BCUT2D eigenvalue weighted by Crippen LogP contribution is -2.22. The van der Waals surface area contributed by atoms with Crippen LogP contribution in [0.25, 0.3) is 0 Å². The lowest BCUT2D eigenvalue weighted by atomic mass is 10.2. The minimum absolute atomic E-state index is 0.00506. The Bertz CT molecular complexity index is 615. The molecule has 2 N–H and O–H groups in total. The van der Waals surface area contributed by atoms with Gasteiger partial charge in [0.05, 0.1) is 0 Å². The highest BCUT2D eigenvalue weighted by molar-refractivity contribution is 5.94. The van der Waals surface area contributed by atoms with Gasteiger partial charge in [0.25, 0.3) is 5.91 Å².